The molecule has 0 saturated heterocycles. The van der Waals surface area contributed by atoms with Gasteiger partial charge < -0.3 is 14.3 Å². The standard InChI is InChI=1S/C10H12ClN3O2/c1-6(2)12-5-9-13-10(16-14-9)7-3-4-8(11)15-7/h3-4,6,12H,5H2,1-2H3. The molecule has 0 radical (unpaired) electrons. The van der Waals surface area contributed by atoms with Gasteiger partial charge in [0.2, 0.25) is 0 Å². The Labute approximate surface area is 97.8 Å². The van der Waals surface area contributed by atoms with Gasteiger partial charge in [-0.1, -0.05) is 19.0 Å². The van der Waals surface area contributed by atoms with Gasteiger partial charge in [0.15, 0.2) is 16.8 Å². The largest absolute Gasteiger partial charge is 0.440 e. The minimum atomic E-state index is 0.301. The maximum absolute atomic E-state index is 5.65. The van der Waals surface area contributed by atoms with Gasteiger partial charge in [-0.25, -0.2) is 0 Å². The summed E-state index contributed by atoms with van der Waals surface area (Å²) in [6.45, 7) is 4.66. The van der Waals surface area contributed by atoms with Crippen LogP contribution in [0, 0.1) is 0 Å². The van der Waals surface area contributed by atoms with Crippen molar-refractivity contribution < 1.29 is 8.94 Å². The summed E-state index contributed by atoms with van der Waals surface area (Å²) in [5.74, 6) is 1.41. The SMILES string of the molecule is CC(C)NCc1noc(-c2ccc(Cl)o2)n1. The molecule has 2 aromatic rings. The van der Waals surface area contributed by atoms with Crippen LogP contribution < -0.4 is 5.32 Å². The van der Waals surface area contributed by atoms with Crippen molar-refractivity contribution in [1.82, 2.24) is 15.5 Å². The molecule has 0 spiro atoms. The van der Waals surface area contributed by atoms with Crippen LogP contribution in [0.4, 0.5) is 0 Å². The predicted molar refractivity (Wildman–Crippen MR) is 59.0 cm³/mol. The number of aromatic nitrogens is 2. The summed E-state index contributed by atoms with van der Waals surface area (Å²) in [7, 11) is 0. The lowest BCUT2D eigenvalue weighted by Crippen LogP contribution is -2.22. The highest BCUT2D eigenvalue weighted by Gasteiger charge is 2.12. The summed E-state index contributed by atoms with van der Waals surface area (Å²) in [6, 6.07) is 3.70. The van der Waals surface area contributed by atoms with E-state index in [0.717, 1.165) is 0 Å². The van der Waals surface area contributed by atoms with Crippen LogP contribution in [0.2, 0.25) is 5.22 Å². The van der Waals surface area contributed by atoms with E-state index < -0.39 is 0 Å². The van der Waals surface area contributed by atoms with Crippen molar-refractivity contribution in [1.29, 1.82) is 0 Å². The molecule has 16 heavy (non-hydrogen) atoms. The molecule has 0 saturated carbocycles. The Balaban J connectivity index is 2.07. The molecule has 1 N–H and O–H groups in total. The van der Waals surface area contributed by atoms with Crippen molar-refractivity contribution in [3.05, 3.63) is 23.2 Å². The van der Waals surface area contributed by atoms with Crippen LogP contribution in [-0.2, 0) is 6.54 Å². The lowest BCUT2D eigenvalue weighted by atomic mass is 10.4. The number of rotatable bonds is 4. The average molecular weight is 242 g/mol. The van der Waals surface area contributed by atoms with Gasteiger partial charge in [0.05, 0.1) is 6.54 Å². The third kappa shape index (κ3) is 2.62. The molecule has 86 valence electrons. The summed E-state index contributed by atoms with van der Waals surface area (Å²) >= 11 is 5.65. The molecule has 0 aliphatic heterocycles. The van der Waals surface area contributed by atoms with Crippen LogP contribution in [0.3, 0.4) is 0 Å². The molecule has 0 amide bonds. The summed E-state index contributed by atoms with van der Waals surface area (Å²) < 4.78 is 10.2. The van der Waals surface area contributed by atoms with Crippen molar-refractivity contribution in [3.63, 3.8) is 0 Å². The van der Waals surface area contributed by atoms with Crippen molar-refractivity contribution in [2.75, 3.05) is 0 Å². The van der Waals surface area contributed by atoms with Gasteiger partial charge in [-0.2, -0.15) is 4.98 Å². The average Bonchev–Trinajstić information content (AvgIpc) is 2.83. The van der Waals surface area contributed by atoms with Gasteiger partial charge in [0.1, 0.15) is 0 Å². The second kappa shape index (κ2) is 4.67. The normalized spacial score (nSPS) is 11.2. The fourth-order valence-electron chi connectivity index (χ4n) is 1.15. The molecule has 6 heteroatoms. The maximum Gasteiger partial charge on any atom is 0.293 e. The lowest BCUT2D eigenvalue weighted by molar-refractivity contribution is 0.405. The second-order valence-electron chi connectivity index (χ2n) is 3.66. The van der Waals surface area contributed by atoms with Gasteiger partial charge >= 0.3 is 0 Å². The van der Waals surface area contributed by atoms with E-state index in [1.54, 1.807) is 12.1 Å². The van der Waals surface area contributed by atoms with Gasteiger partial charge in [0, 0.05) is 6.04 Å². The molecule has 0 aliphatic carbocycles. The van der Waals surface area contributed by atoms with E-state index in [1.165, 1.54) is 0 Å². The third-order valence-corrected chi connectivity index (χ3v) is 2.12. The van der Waals surface area contributed by atoms with Crippen LogP contribution in [0.15, 0.2) is 21.1 Å². The maximum atomic E-state index is 5.65. The van der Waals surface area contributed by atoms with Crippen LogP contribution >= 0.6 is 11.6 Å². The highest BCUT2D eigenvalue weighted by molar-refractivity contribution is 6.28. The number of halogens is 1. The summed E-state index contributed by atoms with van der Waals surface area (Å²) in [5.41, 5.74) is 0. The Morgan fingerprint density at radius 2 is 2.25 bits per heavy atom. The molecule has 0 fully saturated rings. The topological polar surface area (TPSA) is 64.1 Å². The molecule has 2 aromatic heterocycles. The van der Waals surface area contributed by atoms with E-state index in [-0.39, 0.29) is 0 Å². The van der Waals surface area contributed by atoms with Gasteiger partial charge in [-0.15, -0.1) is 0 Å². The fraction of sp³-hybridized carbons (Fsp3) is 0.400. The van der Waals surface area contributed by atoms with Gasteiger partial charge in [0.25, 0.3) is 5.89 Å². The van der Waals surface area contributed by atoms with Crippen molar-refractivity contribution in [2.24, 2.45) is 0 Å². The Kier molecular flexibility index (Phi) is 3.26. The van der Waals surface area contributed by atoms with E-state index in [0.29, 0.717) is 35.3 Å². The number of hydrogen-bond acceptors (Lipinski definition) is 5. The highest BCUT2D eigenvalue weighted by atomic mass is 35.5. The van der Waals surface area contributed by atoms with Crippen LogP contribution in [0.25, 0.3) is 11.7 Å². The second-order valence-corrected chi connectivity index (χ2v) is 4.03. The first kappa shape index (κ1) is 11.2. The quantitative estimate of drug-likeness (QED) is 0.891. The molecule has 5 nitrogen and oxygen atoms in total. The Morgan fingerprint density at radius 1 is 1.44 bits per heavy atom. The Hall–Kier alpha value is -1.33. The summed E-state index contributed by atoms with van der Waals surface area (Å²) in [4.78, 5) is 4.17. The van der Waals surface area contributed by atoms with E-state index in [9.17, 15) is 0 Å². The first-order valence-electron chi connectivity index (χ1n) is 4.97. The number of furan rings is 1. The zero-order valence-electron chi connectivity index (χ0n) is 9.03. The smallest absolute Gasteiger partial charge is 0.293 e. The molecular weight excluding hydrogens is 230 g/mol. The number of hydrogen-bond donors (Lipinski definition) is 1. The summed E-state index contributed by atoms with van der Waals surface area (Å²) in [5, 5.41) is 7.31. The van der Waals surface area contributed by atoms with Crippen LogP contribution in [0.1, 0.15) is 19.7 Å². The molecule has 0 bridgehead atoms. The monoisotopic (exact) mass is 241 g/mol. The Bertz CT molecular complexity index is 464. The predicted octanol–water partition coefficient (Wildman–Crippen LogP) is 2.48. The molecule has 0 unspecified atom stereocenters. The molecule has 0 aliphatic rings. The molecule has 2 rings (SSSR count). The van der Waals surface area contributed by atoms with E-state index in [2.05, 4.69) is 15.5 Å². The minimum absolute atomic E-state index is 0.301. The first-order chi connectivity index (χ1) is 7.65. The van der Waals surface area contributed by atoms with E-state index >= 15 is 0 Å². The number of nitrogens with one attached hydrogen (secondary N) is 1. The molecule has 0 atom stereocenters. The zero-order chi connectivity index (χ0) is 11.5. The van der Waals surface area contributed by atoms with Gasteiger partial charge in [-0.3, -0.25) is 0 Å². The van der Waals surface area contributed by atoms with Crippen LogP contribution in [-0.4, -0.2) is 16.2 Å². The highest BCUT2D eigenvalue weighted by Crippen LogP contribution is 2.22. The zero-order valence-corrected chi connectivity index (χ0v) is 9.78. The molecule has 2 heterocycles. The van der Waals surface area contributed by atoms with E-state index in [4.69, 9.17) is 20.5 Å². The molecular formula is C10H12ClN3O2. The molecule has 0 aromatic carbocycles. The number of nitrogens with zero attached hydrogens (tertiary/aromatic N) is 2. The van der Waals surface area contributed by atoms with Crippen molar-refractivity contribution >= 4 is 11.6 Å². The Morgan fingerprint density at radius 3 is 2.88 bits per heavy atom. The first-order valence-corrected chi connectivity index (χ1v) is 5.34. The van der Waals surface area contributed by atoms with Crippen molar-refractivity contribution in [2.45, 2.75) is 26.4 Å². The summed E-state index contributed by atoms with van der Waals surface area (Å²) in [6.07, 6.45) is 0. The minimum Gasteiger partial charge on any atom is -0.440 e. The fourth-order valence-corrected chi connectivity index (χ4v) is 1.30. The third-order valence-electron chi connectivity index (χ3n) is 1.92. The van der Waals surface area contributed by atoms with Gasteiger partial charge in [-0.05, 0) is 23.7 Å². The van der Waals surface area contributed by atoms with Crippen LogP contribution in [0.5, 0.6) is 0 Å². The van der Waals surface area contributed by atoms with Crippen molar-refractivity contribution in [3.8, 4) is 11.7 Å². The lowest BCUT2D eigenvalue weighted by Gasteiger charge is -2.02. The van der Waals surface area contributed by atoms with E-state index in [1.807, 2.05) is 13.8 Å².